The molecule has 8 nitrogen and oxygen atoms in total. The lowest BCUT2D eigenvalue weighted by molar-refractivity contribution is -0.132. The minimum absolute atomic E-state index is 0.345. The molecule has 0 saturated carbocycles. The van der Waals surface area contributed by atoms with Gasteiger partial charge in [0, 0.05) is 11.5 Å². The smallest absolute Gasteiger partial charge is 0.248 e. The molecule has 116 valence electrons. The number of carbonyl (C=O) groups excluding carboxylic acids is 3. The van der Waals surface area contributed by atoms with Crippen LogP contribution in [-0.4, -0.2) is 60.4 Å². The fourth-order valence-corrected chi connectivity index (χ4v) is 2.44. The number of hydrogen-bond acceptors (Lipinski definition) is 7. The van der Waals surface area contributed by atoms with Crippen LogP contribution in [-0.2, 0) is 19.2 Å². The first-order valence-corrected chi connectivity index (χ1v) is 8.43. The molecular weight excluding hydrogens is 304 g/mol. The zero-order valence-corrected chi connectivity index (χ0v) is 13.0. The zero-order chi connectivity index (χ0) is 15.5. The molecule has 0 radical (unpaired) electrons. The van der Waals surface area contributed by atoms with Crippen molar-refractivity contribution in [1.29, 1.82) is 0 Å². The predicted molar refractivity (Wildman–Crippen MR) is 80.0 cm³/mol. The highest BCUT2D eigenvalue weighted by molar-refractivity contribution is 7.98. The summed E-state index contributed by atoms with van der Waals surface area (Å²) in [5.41, 5.74) is 5.20. The molecule has 0 aromatic rings. The summed E-state index contributed by atoms with van der Waals surface area (Å²) >= 11 is 2.76. The molecular formula is C10H20N4O4S2. The van der Waals surface area contributed by atoms with Gasteiger partial charge < -0.3 is 16.4 Å². The van der Waals surface area contributed by atoms with Gasteiger partial charge in [-0.25, -0.2) is 5.90 Å². The first-order valence-electron chi connectivity index (χ1n) is 5.64. The van der Waals surface area contributed by atoms with Crippen LogP contribution in [0.1, 0.15) is 0 Å². The summed E-state index contributed by atoms with van der Waals surface area (Å²) in [7, 11) is 0. The summed E-state index contributed by atoms with van der Waals surface area (Å²) in [4.78, 5) is 38.8. The molecule has 20 heavy (non-hydrogen) atoms. The average Bonchev–Trinajstić information content (AvgIpc) is 2.37. The van der Waals surface area contributed by atoms with Gasteiger partial charge in [-0.3, -0.25) is 19.2 Å². The number of nitrogens with one attached hydrogen (secondary N) is 2. The van der Waals surface area contributed by atoms with Gasteiger partial charge in [0.2, 0.25) is 17.7 Å². The second-order valence-corrected chi connectivity index (χ2v) is 5.63. The summed E-state index contributed by atoms with van der Waals surface area (Å²) < 4.78 is 0. The maximum Gasteiger partial charge on any atom is 0.248 e. The third kappa shape index (κ3) is 7.58. The third-order valence-corrected chi connectivity index (χ3v) is 3.53. The lowest BCUT2D eigenvalue weighted by Gasteiger charge is -2.20. The van der Waals surface area contributed by atoms with E-state index in [-0.39, 0.29) is 6.61 Å². The Morgan fingerprint density at radius 3 is 2.10 bits per heavy atom. The molecule has 0 aliphatic carbocycles. The van der Waals surface area contributed by atoms with Gasteiger partial charge in [-0.15, -0.1) is 0 Å². The summed E-state index contributed by atoms with van der Waals surface area (Å²) in [5, 5.41) is 4.98. The van der Waals surface area contributed by atoms with Gasteiger partial charge in [0.05, 0.1) is 0 Å². The number of primary amides is 1. The van der Waals surface area contributed by atoms with Crippen molar-refractivity contribution in [1.82, 2.24) is 10.6 Å². The Balaban J connectivity index is 4.61. The van der Waals surface area contributed by atoms with Gasteiger partial charge in [-0.05, 0) is 12.5 Å². The van der Waals surface area contributed by atoms with Crippen molar-refractivity contribution in [2.45, 2.75) is 12.1 Å². The van der Waals surface area contributed by atoms with E-state index in [0.29, 0.717) is 11.5 Å². The van der Waals surface area contributed by atoms with Crippen LogP contribution in [0.15, 0.2) is 0 Å². The number of carbonyl (C=O) groups is 3. The van der Waals surface area contributed by atoms with Crippen molar-refractivity contribution in [2.75, 3.05) is 30.6 Å². The largest absolute Gasteiger partial charge is 0.368 e. The van der Waals surface area contributed by atoms with Gasteiger partial charge in [-0.1, -0.05) is 0 Å². The van der Waals surface area contributed by atoms with Gasteiger partial charge in [-0.2, -0.15) is 23.5 Å². The molecule has 0 fully saturated rings. The van der Waals surface area contributed by atoms with E-state index >= 15 is 0 Å². The normalized spacial score (nSPS) is 13.3. The minimum Gasteiger partial charge on any atom is -0.368 e. The second-order valence-electron chi connectivity index (χ2n) is 3.81. The van der Waals surface area contributed by atoms with Crippen LogP contribution >= 0.6 is 23.5 Å². The fraction of sp³-hybridized carbons (Fsp3) is 0.700. The van der Waals surface area contributed by atoms with Crippen LogP contribution in [0.2, 0.25) is 0 Å². The van der Waals surface area contributed by atoms with E-state index in [4.69, 9.17) is 11.6 Å². The van der Waals surface area contributed by atoms with Gasteiger partial charge in [0.15, 0.2) is 0 Å². The molecule has 0 bridgehead atoms. The van der Waals surface area contributed by atoms with E-state index in [1.165, 1.54) is 23.5 Å². The van der Waals surface area contributed by atoms with Crippen molar-refractivity contribution in [3.8, 4) is 0 Å². The molecule has 0 heterocycles. The van der Waals surface area contributed by atoms with Crippen molar-refractivity contribution in [2.24, 2.45) is 11.6 Å². The first kappa shape index (κ1) is 19.0. The van der Waals surface area contributed by atoms with E-state index in [9.17, 15) is 14.4 Å². The van der Waals surface area contributed by atoms with E-state index < -0.39 is 29.8 Å². The van der Waals surface area contributed by atoms with E-state index in [1.807, 2.05) is 0 Å². The van der Waals surface area contributed by atoms with Crippen molar-refractivity contribution in [3.05, 3.63) is 0 Å². The van der Waals surface area contributed by atoms with Crippen molar-refractivity contribution < 1.29 is 19.2 Å². The highest BCUT2D eigenvalue weighted by atomic mass is 32.2. The van der Waals surface area contributed by atoms with Crippen molar-refractivity contribution >= 4 is 41.2 Å². The Kier molecular flexibility index (Phi) is 10.3. The van der Waals surface area contributed by atoms with E-state index in [2.05, 4.69) is 15.5 Å². The van der Waals surface area contributed by atoms with E-state index in [1.54, 1.807) is 12.5 Å². The van der Waals surface area contributed by atoms with Crippen LogP contribution in [0, 0.1) is 0 Å². The number of amides is 3. The Morgan fingerprint density at radius 1 is 1.10 bits per heavy atom. The second kappa shape index (κ2) is 10.8. The standard InChI is InChI=1S/C10H20N4O4S2/c1-19-4-6(9(11)16)14-10(17)7(5-20-2)13-8(15)3-18-12/h6-7H,3-5,12H2,1-2H3,(H2,11,16)(H,13,15)(H,14,17). The number of hydrogen-bond donors (Lipinski definition) is 4. The SMILES string of the molecule is CSCC(NC(=O)C(CSC)NC(=O)CON)C(N)=O. The molecule has 2 unspecified atom stereocenters. The summed E-state index contributed by atoms with van der Waals surface area (Å²) in [6.07, 6.45) is 3.58. The molecule has 6 N–H and O–H groups in total. The molecule has 0 spiro atoms. The summed E-state index contributed by atoms with van der Waals surface area (Å²) in [5.74, 6) is 3.91. The average molecular weight is 324 g/mol. The number of thioether (sulfide) groups is 2. The quantitative estimate of drug-likeness (QED) is 0.343. The molecule has 3 amide bonds. The molecule has 0 saturated heterocycles. The molecule has 0 aromatic carbocycles. The highest BCUT2D eigenvalue weighted by Gasteiger charge is 2.25. The number of rotatable bonds is 10. The highest BCUT2D eigenvalue weighted by Crippen LogP contribution is 2.01. The Morgan fingerprint density at radius 2 is 1.65 bits per heavy atom. The lowest BCUT2D eigenvalue weighted by atomic mass is 10.2. The number of nitrogens with two attached hydrogens (primary N) is 2. The Labute approximate surface area is 126 Å². The molecule has 2 atom stereocenters. The van der Waals surface area contributed by atoms with Gasteiger partial charge >= 0.3 is 0 Å². The van der Waals surface area contributed by atoms with E-state index in [0.717, 1.165) is 0 Å². The van der Waals surface area contributed by atoms with Gasteiger partial charge in [0.25, 0.3) is 0 Å². The zero-order valence-electron chi connectivity index (χ0n) is 11.4. The third-order valence-electron chi connectivity index (χ3n) is 2.19. The van der Waals surface area contributed by atoms with Crippen molar-refractivity contribution in [3.63, 3.8) is 0 Å². The van der Waals surface area contributed by atoms with Crippen LogP contribution in [0.3, 0.4) is 0 Å². The maximum atomic E-state index is 12.0. The Hall–Kier alpha value is -0.970. The maximum absolute atomic E-state index is 12.0. The first-order chi connectivity index (χ1) is 9.46. The monoisotopic (exact) mass is 324 g/mol. The molecule has 0 aromatic heterocycles. The molecule has 0 aliphatic heterocycles. The minimum atomic E-state index is -0.781. The summed E-state index contributed by atoms with van der Waals surface area (Å²) in [6.45, 7) is -0.345. The van der Waals surface area contributed by atoms with Crippen LogP contribution in [0.4, 0.5) is 0 Å². The van der Waals surface area contributed by atoms with Crippen LogP contribution in [0.25, 0.3) is 0 Å². The summed E-state index contributed by atoms with van der Waals surface area (Å²) in [6, 6.07) is -1.55. The fourth-order valence-electron chi connectivity index (χ4n) is 1.30. The lowest BCUT2D eigenvalue weighted by Crippen LogP contribution is -2.55. The topological polar surface area (TPSA) is 137 Å². The van der Waals surface area contributed by atoms with Crippen LogP contribution < -0.4 is 22.3 Å². The Bertz CT molecular complexity index is 343. The predicted octanol–water partition coefficient (Wildman–Crippen LogP) is -1.94. The van der Waals surface area contributed by atoms with Crippen LogP contribution in [0.5, 0.6) is 0 Å². The molecule has 10 heteroatoms. The molecule has 0 aliphatic rings. The molecule has 0 rings (SSSR count). The van der Waals surface area contributed by atoms with Gasteiger partial charge in [0.1, 0.15) is 18.7 Å².